The van der Waals surface area contributed by atoms with Crippen LogP contribution >= 0.6 is 15.9 Å². The Labute approximate surface area is 115 Å². The van der Waals surface area contributed by atoms with Crippen LogP contribution in [-0.2, 0) is 13.4 Å². The van der Waals surface area contributed by atoms with E-state index in [-0.39, 0.29) is 59.1 Å². The van der Waals surface area contributed by atoms with Gasteiger partial charge in [-0.2, -0.15) is 0 Å². The van der Waals surface area contributed by atoms with Gasteiger partial charge in [-0.05, 0) is 11.2 Å². The third-order valence-electron chi connectivity index (χ3n) is 0.659. The van der Waals surface area contributed by atoms with Crippen LogP contribution in [0.15, 0.2) is 0 Å². The van der Waals surface area contributed by atoms with Crippen molar-refractivity contribution in [2.75, 3.05) is 0 Å². The molecule has 10 heteroatoms. The first-order valence-electron chi connectivity index (χ1n) is 2.22. The SMILES string of the molecule is CC(O)P(=O)(O)O[P+](=O)O.[Na].[Na]. The van der Waals surface area contributed by atoms with Crippen LogP contribution in [0.5, 0.6) is 0 Å². The smallest absolute Gasteiger partial charge is 0.381 e. The van der Waals surface area contributed by atoms with Gasteiger partial charge < -0.3 is 10.00 Å². The first-order chi connectivity index (χ1) is 4.36. The van der Waals surface area contributed by atoms with E-state index in [2.05, 4.69) is 4.31 Å². The van der Waals surface area contributed by atoms with Gasteiger partial charge in [0.25, 0.3) is 0 Å². The van der Waals surface area contributed by atoms with Gasteiger partial charge in [0, 0.05) is 63.7 Å². The van der Waals surface area contributed by atoms with Crippen molar-refractivity contribution in [3.63, 3.8) is 0 Å². The second kappa shape index (κ2) is 8.48. The predicted molar refractivity (Wildman–Crippen MR) is 43.9 cm³/mol. The molecule has 3 atom stereocenters. The molecule has 0 aromatic carbocycles. The average Bonchev–Trinajstić information content (AvgIpc) is 1.60. The first-order valence-corrected chi connectivity index (χ1v) is 5.00. The van der Waals surface area contributed by atoms with Crippen LogP contribution in [0.1, 0.15) is 6.92 Å². The minimum atomic E-state index is -4.30. The summed E-state index contributed by atoms with van der Waals surface area (Å²) in [6.07, 6.45) is 0. The molecule has 0 fully saturated rings. The summed E-state index contributed by atoms with van der Waals surface area (Å²) < 4.78 is 23.9. The quantitative estimate of drug-likeness (QED) is 0.446. The zero-order valence-corrected chi connectivity index (χ0v) is 12.8. The maximum atomic E-state index is 10.5. The Balaban J connectivity index is -0.000000405. The standard InChI is InChI=1S/C2H6O6P2.2Na/c1-2(3)10(6,7)8-9(4)5;;/h2-3H,1H3,(H-,4,5,6,7);;/p+1. The van der Waals surface area contributed by atoms with E-state index in [1.165, 1.54) is 0 Å². The predicted octanol–water partition coefficient (Wildman–Crippen LogP) is -0.585. The summed E-state index contributed by atoms with van der Waals surface area (Å²) in [6, 6.07) is 0. The van der Waals surface area contributed by atoms with Crippen LogP contribution in [0.2, 0.25) is 0 Å². The van der Waals surface area contributed by atoms with Crippen LogP contribution in [0.25, 0.3) is 0 Å². The van der Waals surface area contributed by atoms with E-state index in [0.717, 1.165) is 6.92 Å². The van der Waals surface area contributed by atoms with Gasteiger partial charge in [0.2, 0.25) is 0 Å². The van der Waals surface area contributed by atoms with Gasteiger partial charge in [-0.1, -0.05) is 0 Å². The molecular weight excluding hydrogens is 228 g/mol. The number of rotatable bonds is 3. The molecule has 0 heterocycles. The molecule has 0 saturated heterocycles. The molecule has 0 spiro atoms. The number of hydrogen-bond acceptors (Lipinski definition) is 4. The molecular formula is C2H7Na2O6P2+. The Morgan fingerprint density at radius 2 is 1.83 bits per heavy atom. The molecule has 0 bridgehead atoms. The Morgan fingerprint density at radius 3 is 1.92 bits per heavy atom. The second-order valence-corrected chi connectivity index (χ2v) is 4.52. The van der Waals surface area contributed by atoms with Crippen LogP contribution in [0.3, 0.4) is 0 Å². The van der Waals surface area contributed by atoms with E-state index in [1.807, 2.05) is 0 Å². The van der Waals surface area contributed by atoms with E-state index < -0.39 is 21.7 Å². The summed E-state index contributed by atoms with van der Waals surface area (Å²) in [5.74, 6) is -1.65. The van der Waals surface area contributed by atoms with Crippen molar-refractivity contribution < 1.29 is 28.3 Å². The van der Waals surface area contributed by atoms with Crippen LogP contribution in [0.4, 0.5) is 0 Å². The molecule has 0 aliphatic carbocycles. The van der Waals surface area contributed by atoms with E-state index >= 15 is 0 Å². The largest absolute Gasteiger partial charge is 0.703 e. The fraction of sp³-hybridized carbons (Fsp3) is 1.00. The Bertz CT molecular complexity index is 182. The van der Waals surface area contributed by atoms with Gasteiger partial charge in [-0.25, -0.2) is 0 Å². The van der Waals surface area contributed by atoms with Crippen molar-refractivity contribution in [1.82, 2.24) is 0 Å². The van der Waals surface area contributed by atoms with Gasteiger partial charge in [-0.15, -0.1) is 4.89 Å². The fourth-order valence-corrected chi connectivity index (χ4v) is 1.51. The van der Waals surface area contributed by atoms with Crippen molar-refractivity contribution in [1.29, 1.82) is 0 Å². The number of aliphatic hydroxyl groups excluding tert-OH is 1. The molecule has 0 aromatic heterocycles. The van der Waals surface area contributed by atoms with Crippen LogP contribution in [-0.4, -0.2) is 79.9 Å². The van der Waals surface area contributed by atoms with E-state index in [1.54, 1.807) is 0 Å². The molecule has 0 amide bonds. The van der Waals surface area contributed by atoms with E-state index in [4.69, 9.17) is 14.9 Å². The normalized spacial score (nSPS) is 17.8. The zero-order valence-electron chi connectivity index (χ0n) is 7.04. The molecule has 3 N–H and O–H groups in total. The zero-order chi connectivity index (χ0) is 8.36. The van der Waals surface area contributed by atoms with E-state index in [0.29, 0.717) is 0 Å². The summed E-state index contributed by atoms with van der Waals surface area (Å²) in [5.41, 5.74) is 0. The minimum Gasteiger partial charge on any atom is -0.381 e. The van der Waals surface area contributed by atoms with Crippen LogP contribution < -0.4 is 0 Å². The van der Waals surface area contributed by atoms with Gasteiger partial charge in [0.1, 0.15) is 0 Å². The molecule has 6 nitrogen and oxygen atoms in total. The molecule has 3 unspecified atom stereocenters. The van der Waals surface area contributed by atoms with Gasteiger partial charge in [-0.3, -0.25) is 4.57 Å². The summed E-state index contributed by atoms with van der Waals surface area (Å²) in [4.78, 5) is 16.5. The van der Waals surface area contributed by atoms with Gasteiger partial charge in [0.15, 0.2) is 5.85 Å². The average molecular weight is 235 g/mol. The molecule has 2 radical (unpaired) electrons. The van der Waals surface area contributed by atoms with Gasteiger partial charge >= 0.3 is 15.9 Å². The maximum Gasteiger partial charge on any atom is 0.703 e. The van der Waals surface area contributed by atoms with Crippen molar-refractivity contribution in [3.05, 3.63) is 0 Å². The molecule has 0 aliphatic heterocycles. The summed E-state index contributed by atoms with van der Waals surface area (Å²) >= 11 is 0. The van der Waals surface area contributed by atoms with Crippen molar-refractivity contribution in [3.8, 4) is 0 Å². The Hall–Kier alpha value is 2.17. The third-order valence-corrected chi connectivity index (χ3v) is 3.10. The summed E-state index contributed by atoms with van der Waals surface area (Å²) in [6.45, 7) is 0.986. The third kappa shape index (κ3) is 8.75. The maximum absolute atomic E-state index is 10.5. The summed E-state index contributed by atoms with van der Waals surface area (Å²) in [7, 11) is -7.44. The number of hydrogen-bond donors (Lipinski definition) is 3. The van der Waals surface area contributed by atoms with Crippen LogP contribution in [0, 0.1) is 0 Å². The second-order valence-electron chi connectivity index (χ2n) is 1.52. The molecule has 0 rings (SSSR count). The molecule has 0 aliphatic rings. The van der Waals surface area contributed by atoms with Crippen molar-refractivity contribution in [2.45, 2.75) is 12.8 Å². The van der Waals surface area contributed by atoms with Crippen molar-refractivity contribution in [2.24, 2.45) is 0 Å². The van der Waals surface area contributed by atoms with Gasteiger partial charge in [0.05, 0.1) is 0 Å². The number of aliphatic hydroxyl groups is 1. The Kier molecular flexibility index (Phi) is 13.9. The first kappa shape index (κ1) is 19.7. The monoisotopic (exact) mass is 235 g/mol. The molecule has 62 valence electrons. The topological polar surface area (TPSA) is 104 Å². The fourth-order valence-electron chi connectivity index (χ4n) is 0.168. The Morgan fingerprint density at radius 1 is 1.50 bits per heavy atom. The molecule has 12 heavy (non-hydrogen) atoms. The van der Waals surface area contributed by atoms with E-state index in [9.17, 15) is 9.13 Å². The molecule has 0 aromatic rings. The molecule has 0 saturated carbocycles. The summed E-state index contributed by atoms with van der Waals surface area (Å²) in [5, 5.41) is 8.45. The minimum absolute atomic E-state index is 0. The van der Waals surface area contributed by atoms with Crippen molar-refractivity contribution >= 4 is 75.0 Å².